The van der Waals surface area contributed by atoms with Crippen molar-refractivity contribution in [1.29, 1.82) is 0 Å². The van der Waals surface area contributed by atoms with Crippen molar-refractivity contribution in [2.75, 3.05) is 26.2 Å². The van der Waals surface area contributed by atoms with E-state index in [0.29, 0.717) is 6.04 Å². The van der Waals surface area contributed by atoms with Crippen LogP contribution in [0, 0.1) is 0 Å². The van der Waals surface area contributed by atoms with Crippen molar-refractivity contribution in [3.63, 3.8) is 0 Å². The second-order valence-corrected chi connectivity index (χ2v) is 8.98. The maximum Gasteiger partial charge on any atom is 0.191 e. The first-order chi connectivity index (χ1) is 16.4. The summed E-state index contributed by atoms with van der Waals surface area (Å²) in [6, 6.07) is 4.64. The van der Waals surface area contributed by atoms with E-state index < -0.39 is 0 Å². The summed E-state index contributed by atoms with van der Waals surface area (Å²) in [5.41, 5.74) is 4.77. The molecule has 33 heavy (non-hydrogen) atoms. The van der Waals surface area contributed by atoms with Gasteiger partial charge in [-0.1, -0.05) is 23.4 Å². The van der Waals surface area contributed by atoms with E-state index in [4.69, 9.17) is 4.98 Å². The van der Waals surface area contributed by atoms with Crippen molar-refractivity contribution in [3.05, 3.63) is 59.7 Å². The minimum Gasteiger partial charge on any atom is -0.356 e. The Morgan fingerprint density at radius 3 is 3.15 bits per heavy atom. The first-order valence-corrected chi connectivity index (χ1v) is 12.4. The van der Waals surface area contributed by atoms with Gasteiger partial charge in [0.2, 0.25) is 0 Å². The molecular weight excluding hydrogens is 412 g/mol. The second-order valence-electron chi connectivity index (χ2n) is 8.98. The molecule has 0 bridgehead atoms. The topological polar surface area (TPSA) is 83.3 Å². The lowest BCUT2D eigenvalue weighted by molar-refractivity contribution is 0.161. The van der Waals surface area contributed by atoms with Crippen molar-refractivity contribution in [3.8, 4) is 0 Å². The van der Waals surface area contributed by atoms with Crippen molar-refractivity contribution >= 4 is 11.7 Å². The zero-order valence-corrected chi connectivity index (χ0v) is 19.3. The monoisotopic (exact) mass is 450 g/mol. The summed E-state index contributed by atoms with van der Waals surface area (Å²) in [5, 5.41) is 15.6. The number of unbranched alkanes of at least 4 members (excludes halogenated alkanes) is 1. The molecule has 1 atom stereocenters. The SMILES string of the molecule is C1=CC(n2cc(CN(CCCCNC3=NCCN3)C3CCCc4cccnc43)nn2)=CCC1.[HH].[HH]. The van der Waals surface area contributed by atoms with Gasteiger partial charge in [0.05, 0.1) is 35.9 Å². The lowest BCUT2D eigenvalue weighted by atomic mass is 9.90. The first kappa shape index (κ1) is 21.8. The highest BCUT2D eigenvalue weighted by atomic mass is 15.4. The van der Waals surface area contributed by atoms with E-state index in [1.807, 2.05) is 10.9 Å². The minimum atomic E-state index is 0. The molecule has 0 radical (unpaired) electrons. The standard InChI is InChI=1S/C25H34N8.2H2/c1-2-10-22(11-3-1)33-19-21(30-31-33)18-32(17-5-4-13-27-25-28-15-16-29-25)23-12-6-8-20-9-7-14-26-24(20)23;;/h2,7,9-11,14,19,23H,1,3-6,8,12-13,15-18H2,(H2,27,28,29);2*1H. The average Bonchev–Trinajstić information content (AvgIpc) is 3.56. The Morgan fingerprint density at radius 2 is 2.27 bits per heavy atom. The largest absolute Gasteiger partial charge is 0.356 e. The third-order valence-electron chi connectivity index (χ3n) is 6.59. The molecule has 2 aromatic heterocycles. The molecule has 2 aromatic rings. The fourth-order valence-corrected chi connectivity index (χ4v) is 4.92. The van der Waals surface area contributed by atoms with E-state index in [2.05, 4.69) is 67.4 Å². The molecule has 0 amide bonds. The van der Waals surface area contributed by atoms with E-state index >= 15 is 0 Å². The summed E-state index contributed by atoms with van der Waals surface area (Å²) in [4.78, 5) is 11.8. The summed E-state index contributed by atoms with van der Waals surface area (Å²) >= 11 is 0. The molecule has 0 aromatic carbocycles. The number of hydrogen-bond acceptors (Lipinski definition) is 7. The van der Waals surface area contributed by atoms with Gasteiger partial charge < -0.3 is 10.6 Å². The summed E-state index contributed by atoms with van der Waals surface area (Å²) in [6.07, 6.45) is 18.4. The molecule has 5 rings (SSSR count). The van der Waals surface area contributed by atoms with Gasteiger partial charge >= 0.3 is 0 Å². The van der Waals surface area contributed by atoms with Gasteiger partial charge in [-0.05, 0) is 69.2 Å². The fraction of sp³-hybridized carbons (Fsp3) is 0.520. The predicted molar refractivity (Wildman–Crippen MR) is 135 cm³/mol. The molecule has 0 saturated heterocycles. The van der Waals surface area contributed by atoms with Crippen LogP contribution in [-0.4, -0.2) is 57.0 Å². The van der Waals surface area contributed by atoms with Crippen LogP contribution in [0.5, 0.6) is 0 Å². The number of hydrogen-bond donors (Lipinski definition) is 2. The van der Waals surface area contributed by atoms with Gasteiger partial charge in [0.1, 0.15) is 0 Å². The van der Waals surface area contributed by atoms with Gasteiger partial charge in [0.15, 0.2) is 5.96 Å². The van der Waals surface area contributed by atoms with Gasteiger partial charge in [-0.2, -0.15) is 0 Å². The molecule has 2 aliphatic carbocycles. The van der Waals surface area contributed by atoms with E-state index in [1.165, 1.54) is 17.7 Å². The molecule has 3 aliphatic rings. The van der Waals surface area contributed by atoms with Crippen molar-refractivity contribution in [2.45, 2.75) is 57.5 Å². The highest BCUT2D eigenvalue weighted by molar-refractivity contribution is 5.81. The molecule has 1 aliphatic heterocycles. The molecule has 2 N–H and O–H groups in total. The highest BCUT2D eigenvalue weighted by Crippen LogP contribution is 2.33. The molecule has 8 heteroatoms. The Bertz CT molecular complexity index is 1030. The summed E-state index contributed by atoms with van der Waals surface area (Å²) in [5.74, 6) is 0.944. The van der Waals surface area contributed by atoms with Crippen LogP contribution >= 0.6 is 0 Å². The van der Waals surface area contributed by atoms with Gasteiger partial charge in [-0.25, -0.2) is 4.68 Å². The zero-order chi connectivity index (χ0) is 22.3. The maximum absolute atomic E-state index is 4.80. The van der Waals surface area contributed by atoms with Crippen LogP contribution in [0.4, 0.5) is 0 Å². The fourth-order valence-electron chi connectivity index (χ4n) is 4.92. The van der Waals surface area contributed by atoms with Crippen LogP contribution in [0.15, 0.2) is 47.7 Å². The Kier molecular flexibility index (Phi) is 7.11. The summed E-state index contributed by atoms with van der Waals surface area (Å²) < 4.78 is 1.91. The lowest BCUT2D eigenvalue weighted by Gasteiger charge is -2.34. The molecule has 3 heterocycles. The van der Waals surface area contributed by atoms with Crippen LogP contribution in [0.3, 0.4) is 0 Å². The number of nitrogens with one attached hydrogen (secondary N) is 2. The molecule has 8 nitrogen and oxygen atoms in total. The number of fused-ring (bicyclic) bond motifs is 1. The summed E-state index contributed by atoms with van der Waals surface area (Å²) in [7, 11) is 0. The Labute approximate surface area is 198 Å². The number of rotatable bonds is 9. The van der Waals surface area contributed by atoms with Crippen molar-refractivity contribution in [2.24, 2.45) is 4.99 Å². The van der Waals surface area contributed by atoms with Crippen molar-refractivity contribution < 1.29 is 2.85 Å². The smallest absolute Gasteiger partial charge is 0.191 e. The number of aromatic nitrogens is 4. The lowest BCUT2D eigenvalue weighted by Crippen LogP contribution is -2.35. The molecule has 0 saturated carbocycles. The van der Waals surface area contributed by atoms with E-state index in [9.17, 15) is 0 Å². The predicted octanol–water partition coefficient (Wildman–Crippen LogP) is 3.56. The van der Waals surface area contributed by atoms with E-state index in [-0.39, 0.29) is 2.85 Å². The van der Waals surface area contributed by atoms with Gasteiger partial charge in [-0.3, -0.25) is 14.9 Å². The van der Waals surface area contributed by atoms with Crippen LogP contribution in [-0.2, 0) is 13.0 Å². The van der Waals surface area contributed by atoms with Crippen molar-refractivity contribution in [1.82, 2.24) is 35.5 Å². The zero-order valence-electron chi connectivity index (χ0n) is 19.3. The average molecular weight is 451 g/mol. The molecule has 1 unspecified atom stereocenters. The maximum atomic E-state index is 4.80. The first-order valence-electron chi connectivity index (χ1n) is 12.4. The van der Waals surface area contributed by atoms with Gasteiger partial charge in [0, 0.05) is 28.7 Å². The normalized spacial score (nSPS) is 19.7. The van der Waals surface area contributed by atoms with E-state index in [1.54, 1.807) is 0 Å². The minimum absolute atomic E-state index is 0. The highest BCUT2D eigenvalue weighted by Gasteiger charge is 2.27. The van der Waals surface area contributed by atoms with Crippen LogP contribution < -0.4 is 10.6 Å². The van der Waals surface area contributed by atoms with E-state index in [0.717, 1.165) is 88.6 Å². The quantitative estimate of drug-likeness (QED) is 0.569. The van der Waals surface area contributed by atoms with Crippen LogP contribution in [0.2, 0.25) is 0 Å². The number of guanidine groups is 1. The molecular formula is C25H38N8. The number of pyridine rings is 1. The molecule has 0 fully saturated rings. The molecule has 178 valence electrons. The Morgan fingerprint density at radius 1 is 1.27 bits per heavy atom. The number of aliphatic imine (C=N–C) groups is 1. The van der Waals surface area contributed by atoms with Gasteiger partial charge in [0.25, 0.3) is 0 Å². The van der Waals surface area contributed by atoms with Crippen LogP contribution in [0.1, 0.15) is 64.4 Å². The Balaban J connectivity index is 0.00000171. The third kappa shape index (κ3) is 5.50. The molecule has 0 spiro atoms. The number of nitrogens with zero attached hydrogens (tertiary/aromatic N) is 6. The second kappa shape index (κ2) is 10.7. The Hall–Kier alpha value is -3.00. The summed E-state index contributed by atoms with van der Waals surface area (Å²) in [6.45, 7) is 4.56. The number of allylic oxidation sites excluding steroid dienone is 4. The number of aryl methyl sites for hydroxylation is 1. The van der Waals surface area contributed by atoms with Gasteiger partial charge in [-0.15, -0.1) is 5.10 Å². The van der Waals surface area contributed by atoms with Crippen LogP contribution in [0.25, 0.3) is 5.70 Å². The third-order valence-corrected chi connectivity index (χ3v) is 6.59.